The first kappa shape index (κ1) is 12.4. The lowest BCUT2D eigenvalue weighted by Gasteiger charge is -2.06. The van der Waals surface area contributed by atoms with E-state index < -0.39 is 0 Å². The monoisotopic (exact) mass is 294 g/mol. The molecular formula is C21H14N2. The second-order valence-corrected chi connectivity index (χ2v) is 5.82. The van der Waals surface area contributed by atoms with Crippen LogP contribution in [0.3, 0.4) is 0 Å². The number of hydrogen-bond donors (Lipinski definition) is 0. The molecule has 0 fully saturated rings. The van der Waals surface area contributed by atoms with Crippen LogP contribution in [-0.2, 0) is 0 Å². The molecule has 0 amide bonds. The Balaban J connectivity index is 1.84. The predicted molar refractivity (Wildman–Crippen MR) is 95.6 cm³/mol. The Bertz CT molecular complexity index is 1140. The minimum atomic E-state index is 0.972. The van der Waals surface area contributed by atoms with Crippen molar-refractivity contribution in [1.29, 1.82) is 0 Å². The van der Waals surface area contributed by atoms with Gasteiger partial charge in [-0.15, -0.1) is 0 Å². The minimum absolute atomic E-state index is 0.972. The first-order valence-corrected chi connectivity index (χ1v) is 7.74. The number of aromatic nitrogens is 2. The topological polar surface area (TPSA) is 17.3 Å². The van der Waals surface area contributed by atoms with Crippen molar-refractivity contribution in [1.82, 2.24) is 9.38 Å². The van der Waals surface area contributed by atoms with E-state index in [0.29, 0.717) is 0 Å². The van der Waals surface area contributed by atoms with E-state index in [1.165, 1.54) is 27.1 Å². The molecule has 0 bridgehead atoms. The molecule has 108 valence electrons. The Morgan fingerprint density at radius 2 is 1.48 bits per heavy atom. The number of fused-ring (bicyclic) bond motifs is 3. The normalized spacial score (nSPS) is 11.5. The van der Waals surface area contributed by atoms with Crippen LogP contribution in [0.15, 0.2) is 85.2 Å². The molecule has 2 heteroatoms. The molecule has 0 saturated heterocycles. The molecule has 0 saturated carbocycles. The maximum Gasteiger partial charge on any atom is 0.137 e. The molecule has 2 aromatic heterocycles. The van der Waals surface area contributed by atoms with Gasteiger partial charge in [-0.3, -0.25) is 0 Å². The van der Waals surface area contributed by atoms with Crippen LogP contribution >= 0.6 is 0 Å². The Labute approximate surface area is 133 Å². The Morgan fingerprint density at radius 3 is 2.35 bits per heavy atom. The Hall–Kier alpha value is -3.13. The molecule has 0 atom stereocenters. The zero-order valence-corrected chi connectivity index (χ0v) is 12.5. The molecule has 5 rings (SSSR count). The van der Waals surface area contributed by atoms with Gasteiger partial charge in [0.15, 0.2) is 0 Å². The summed E-state index contributed by atoms with van der Waals surface area (Å²) in [4.78, 5) is 4.78. The smallest absolute Gasteiger partial charge is 0.137 e. The van der Waals surface area contributed by atoms with Crippen LogP contribution in [-0.4, -0.2) is 9.38 Å². The summed E-state index contributed by atoms with van der Waals surface area (Å²) in [6.45, 7) is 0. The second kappa shape index (κ2) is 4.68. The fraction of sp³-hybridized carbons (Fsp3) is 0. The Kier molecular flexibility index (Phi) is 2.53. The van der Waals surface area contributed by atoms with Gasteiger partial charge in [-0.25, -0.2) is 4.98 Å². The highest BCUT2D eigenvalue weighted by molar-refractivity contribution is 6.04. The van der Waals surface area contributed by atoms with Crippen LogP contribution in [0.2, 0.25) is 0 Å². The number of nitrogens with zero attached hydrogens (tertiary/aromatic N) is 2. The first-order chi connectivity index (χ1) is 11.4. The standard InChI is InChI=1S/C21H14N2/c1-2-7-16-13-19-17(12-15(16)6-1)8-5-9-18(19)20-14-23-11-4-3-10-21(23)22-20/h1-14H. The molecule has 0 radical (unpaired) electrons. The molecule has 2 heterocycles. The fourth-order valence-corrected chi connectivity index (χ4v) is 3.25. The molecule has 23 heavy (non-hydrogen) atoms. The minimum Gasteiger partial charge on any atom is -0.306 e. The highest BCUT2D eigenvalue weighted by Gasteiger charge is 2.08. The SMILES string of the molecule is c1ccc2cc3c(-c4cn5ccccc5n4)cccc3cc2c1. The number of hydrogen-bond acceptors (Lipinski definition) is 1. The van der Waals surface area contributed by atoms with Gasteiger partial charge in [-0.1, -0.05) is 48.5 Å². The summed E-state index contributed by atoms with van der Waals surface area (Å²) in [7, 11) is 0. The molecule has 3 aromatic carbocycles. The van der Waals surface area contributed by atoms with Crippen LogP contribution in [0.4, 0.5) is 0 Å². The van der Waals surface area contributed by atoms with Gasteiger partial charge in [0.1, 0.15) is 5.65 Å². The largest absolute Gasteiger partial charge is 0.306 e. The molecule has 0 aliphatic carbocycles. The van der Waals surface area contributed by atoms with E-state index in [9.17, 15) is 0 Å². The first-order valence-electron chi connectivity index (χ1n) is 7.74. The average Bonchev–Trinajstić information content (AvgIpc) is 3.03. The van der Waals surface area contributed by atoms with Gasteiger partial charge in [0.25, 0.3) is 0 Å². The maximum atomic E-state index is 4.78. The lowest BCUT2D eigenvalue weighted by Crippen LogP contribution is -1.82. The van der Waals surface area contributed by atoms with E-state index in [1.54, 1.807) is 0 Å². The summed E-state index contributed by atoms with van der Waals surface area (Å²) < 4.78 is 2.06. The van der Waals surface area contributed by atoms with Crippen molar-refractivity contribution >= 4 is 27.2 Å². The van der Waals surface area contributed by atoms with E-state index in [4.69, 9.17) is 4.98 Å². The van der Waals surface area contributed by atoms with Crippen LogP contribution in [0.1, 0.15) is 0 Å². The van der Waals surface area contributed by atoms with E-state index >= 15 is 0 Å². The highest BCUT2D eigenvalue weighted by atomic mass is 15.0. The average molecular weight is 294 g/mol. The molecule has 0 N–H and O–H groups in total. The third kappa shape index (κ3) is 1.92. The fourth-order valence-electron chi connectivity index (χ4n) is 3.25. The van der Waals surface area contributed by atoms with Crippen molar-refractivity contribution in [2.24, 2.45) is 0 Å². The van der Waals surface area contributed by atoms with Crippen molar-refractivity contribution in [2.75, 3.05) is 0 Å². The highest BCUT2D eigenvalue weighted by Crippen LogP contribution is 2.31. The summed E-state index contributed by atoms with van der Waals surface area (Å²) >= 11 is 0. The lowest BCUT2D eigenvalue weighted by atomic mass is 9.98. The van der Waals surface area contributed by atoms with E-state index in [0.717, 1.165) is 11.3 Å². The zero-order chi connectivity index (χ0) is 15.2. The van der Waals surface area contributed by atoms with Gasteiger partial charge in [0.05, 0.1) is 5.69 Å². The van der Waals surface area contributed by atoms with Crippen LogP contribution in [0, 0.1) is 0 Å². The molecular weight excluding hydrogens is 280 g/mol. The van der Waals surface area contributed by atoms with Crippen molar-refractivity contribution in [3.63, 3.8) is 0 Å². The molecule has 0 aliphatic heterocycles. The van der Waals surface area contributed by atoms with Gasteiger partial charge >= 0.3 is 0 Å². The van der Waals surface area contributed by atoms with Crippen molar-refractivity contribution in [2.45, 2.75) is 0 Å². The van der Waals surface area contributed by atoms with E-state index in [-0.39, 0.29) is 0 Å². The zero-order valence-electron chi connectivity index (χ0n) is 12.5. The molecule has 0 unspecified atom stereocenters. The van der Waals surface area contributed by atoms with E-state index in [1.807, 2.05) is 24.4 Å². The summed E-state index contributed by atoms with van der Waals surface area (Å²) in [5.74, 6) is 0. The number of imidazole rings is 1. The number of benzene rings is 3. The summed E-state index contributed by atoms with van der Waals surface area (Å²) in [5, 5.41) is 5.02. The molecule has 2 nitrogen and oxygen atoms in total. The number of pyridine rings is 1. The van der Waals surface area contributed by atoms with Crippen molar-refractivity contribution in [3.8, 4) is 11.3 Å². The third-order valence-electron chi connectivity index (χ3n) is 4.39. The second-order valence-electron chi connectivity index (χ2n) is 5.82. The van der Waals surface area contributed by atoms with Crippen molar-refractivity contribution in [3.05, 3.63) is 85.2 Å². The van der Waals surface area contributed by atoms with Gasteiger partial charge in [-0.2, -0.15) is 0 Å². The predicted octanol–water partition coefficient (Wildman–Crippen LogP) is 5.31. The molecule has 0 aliphatic rings. The molecule has 5 aromatic rings. The van der Waals surface area contributed by atoms with Gasteiger partial charge in [0, 0.05) is 18.0 Å². The maximum absolute atomic E-state index is 4.78. The Morgan fingerprint density at radius 1 is 0.696 bits per heavy atom. The van der Waals surface area contributed by atoms with Crippen molar-refractivity contribution < 1.29 is 0 Å². The van der Waals surface area contributed by atoms with Gasteiger partial charge in [0.2, 0.25) is 0 Å². The van der Waals surface area contributed by atoms with Gasteiger partial charge in [-0.05, 0) is 45.8 Å². The van der Waals surface area contributed by atoms with E-state index in [2.05, 4.69) is 65.2 Å². The number of rotatable bonds is 1. The van der Waals surface area contributed by atoms with Crippen LogP contribution in [0.5, 0.6) is 0 Å². The summed E-state index contributed by atoms with van der Waals surface area (Å²) in [6, 6.07) is 25.5. The van der Waals surface area contributed by atoms with Gasteiger partial charge < -0.3 is 4.40 Å². The quantitative estimate of drug-likeness (QED) is 0.383. The van der Waals surface area contributed by atoms with Crippen LogP contribution < -0.4 is 0 Å². The molecule has 0 spiro atoms. The summed E-state index contributed by atoms with van der Waals surface area (Å²) in [5.41, 5.74) is 3.16. The summed E-state index contributed by atoms with van der Waals surface area (Å²) in [6.07, 6.45) is 4.13. The van der Waals surface area contributed by atoms with Crippen LogP contribution in [0.25, 0.3) is 38.4 Å². The third-order valence-corrected chi connectivity index (χ3v) is 4.39. The lowest BCUT2D eigenvalue weighted by molar-refractivity contribution is 1.19.